The summed E-state index contributed by atoms with van der Waals surface area (Å²) in [5.74, 6) is -2.14. The number of hydrogen-bond donors (Lipinski definition) is 4. The van der Waals surface area contributed by atoms with Gasteiger partial charge in [0.05, 0.1) is 6.42 Å². The number of carbonyl (C=O) groups is 5. The Balaban J connectivity index is 1.70. The first-order valence-electron chi connectivity index (χ1n) is 14.0. The summed E-state index contributed by atoms with van der Waals surface area (Å²) in [5.41, 5.74) is 0.842. The SMILES string of the molecule is CC(C)[C@H]1NC(=O)C[C@H]2/C=C/CCSSC[C@@H](NC1=O)C(=O)N[C@@H](Cc1cccc3ccccc13)C(=O)NCC(=O)O2. The summed E-state index contributed by atoms with van der Waals surface area (Å²) in [4.78, 5) is 66.1. The third-order valence-corrected chi connectivity index (χ3v) is 9.40. The van der Waals surface area contributed by atoms with E-state index in [0.717, 1.165) is 16.3 Å². The summed E-state index contributed by atoms with van der Waals surface area (Å²) in [6.45, 7) is 3.14. The molecule has 0 radical (unpaired) electrons. The van der Waals surface area contributed by atoms with Crippen molar-refractivity contribution in [3.63, 3.8) is 0 Å². The summed E-state index contributed by atoms with van der Waals surface area (Å²) in [5, 5.41) is 12.9. The van der Waals surface area contributed by atoms with Crippen molar-refractivity contribution in [2.75, 3.05) is 18.1 Å². The summed E-state index contributed by atoms with van der Waals surface area (Å²) in [7, 11) is 2.97. The molecule has 1 fully saturated rings. The Kier molecular flexibility index (Phi) is 11.3. The molecule has 4 amide bonds. The first-order valence-corrected chi connectivity index (χ1v) is 16.4. The van der Waals surface area contributed by atoms with Crippen molar-refractivity contribution in [3.05, 3.63) is 60.2 Å². The minimum atomic E-state index is -1.03. The van der Waals surface area contributed by atoms with Crippen LogP contribution in [0.25, 0.3) is 10.8 Å². The number of ether oxygens (including phenoxy) is 1. The number of rotatable bonds is 3. The van der Waals surface area contributed by atoms with Gasteiger partial charge in [-0.3, -0.25) is 24.0 Å². The number of benzene rings is 2. The Bertz CT molecular complexity index is 1340. The van der Waals surface area contributed by atoms with Crippen LogP contribution in [0.4, 0.5) is 0 Å². The Morgan fingerprint density at radius 1 is 0.905 bits per heavy atom. The van der Waals surface area contributed by atoms with Crippen LogP contribution in [-0.2, 0) is 35.1 Å². The van der Waals surface area contributed by atoms with Crippen LogP contribution in [-0.4, -0.2) is 71.9 Å². The Morgan fingerprint density at radius 3 is 2.50 bits per heavy atom. The third kappa shape index (κ3) is 8.75. The van der Waals surface area contributed by atoms with Crippen LogP contribution in [0.15, 0.2) is 54.6 Å². The number of allylic oxidation sites excluding steroid dienone is 1. The van der Waals surface area contributed by atoms with Crippen LogP contribution in [0.2, 0.25) is 0 Å². The summed E-state index contributed by atoms with van der Waals surface area (Å²) < 4.78 is 5.54. The van der Waals surface area contributed by atoms with Crippen LogP contribution in [0.5, 0.6) is 0 Å². The van der Waals surface area contributed by atoms with E-state index >= 15 is 0 Å². The number of nitrogens with one attached hydrogen (secondary N) is 4. The average molecular weight is 613 g/mol. The highest BCUT2D eigenvalue weighted by molar-refractivity contribution is 8.76. The monoisotopic (exact) mass is 612 g/mol. The molecule has 10 nitrogen and oxygen atoms in total. The molecule has 0 aliphatic carbocycles. The highest BCUT2D eigenvalue weighted by Crippen LogP contribution is 2.24. The van der Waals surface area contributed by atoms with Gasteiger partial charge in [-0.05, 0) is 34.8 Å². The van der Waals surface area contributed by atoms with E-state index in [1.165, 1.54) is 21.6 Å². The molecule has 0 spiro atoms. The number of fused-ring (bicyclic) bond motifs is 8. The number of esters is 1. The van der Waals surface area contributed by atoms with Gasteiger partial charge in [0.15, 0.2) is 0 Å². The molecular formula is C30H36N4O6S2. The molecule has 2 aromatic rings. The Morgan fingerprint density at radius 2 is 1.69 bits per heavy atom. The zero-order chi connectivity index (χ0) is 30.1. The van der Waals surface area contributed by atoms with Gasteiger partial charge in [0.25, 0.3) is 0 Å². The Labute approximate surface area is 252 Å². The van der Waals surface area contributed by atoms with Crippen LogP contribution >= 0.6 is 21.6 Å². The van der Waals surface area contributed by atoms with Gasteiger partial charge in [-0.1, -0.05) is 84.0 Å². The van der Waals surface area contributed by atoms with Gasteiger partial charge < -0.3 is 26.0 Å². The molecule has 2 heterocycles. The minimum absolute atomic E-state index is 0.159. The van der Waals surface area contributed by atoms with Crippen LogP contribution < -0.4 is 21.3 Å². The smallest absolute Gasteiger partial charge is 0.326 e. The lowest BCUT2D eigenvalue weighted by atomic mass is 9.98. The second kappa shape index (κ2) is 15.1. The molecule has 42 heavy (non-hydrogen) atoms. The molecule has 2 aliphatic rings. The van der Waals surface area contributed by atoms with Gasteiger partial charge in [0, 0.05) is 17.9 Å². The molecule has 0 aromatic heterocycles. The summed E-state index contributed by atoms with van der Waals surface area (Å²) >= 11 is 0. The highest BCUT2D eigenvalue weighted by atomic mass is 33.1. The van der Waals surface area contributed by atoms with E-state index < -0.39 is 60.4 Å². The molecule has 2 aromatic carbocycles. The fourth-order valence-electron chi connectivity index (χ4n) is 4.75. The van der Waals surface area contributed by atoms with Gasteiger partial charge in [0.2, 0.25) is 23.6 Å². The molecule has 4 rings (SSSR count). The zero-order valence-corrected chi connectivity index (χ0v) is 25.2. The standard InChI is InChI=1S/C30H36N4O6S2/c1-18(2)27-30(39)33-24-17-42-41-13-6-5-11-21(15-25(35)34-27)40-26(36)16-31-28(37)23(32-29(24)38)14-20-10-7-9-19-8-3-4-12-22(19)20/h3-5,7-12,18,21,23-24,27H,6,13-17H2,1-2H3,(H,31,37)(H,32,38)(H,33,39)(H,34,35)/b11-5+/t21-,23+,24-,27-/m1/s1. The number of carbonyl (C=O) groups excluding carboxylic acids is 5. The highest BCUT2D eigenvalue weighted by Gasteiger charge is 2.32. The number of hydrogen-bond acceptors (Lipinski definition) is 8. The van der Waals surface area contributed by atoms with E-state index in [-0.39, 0.29) is 24.5 Å². The second-order valence-electron chi connectivity index (χ2n) is 10.5. The summed E-state index contributed by atoms with van der Waals surface area (Å²) in [6, 6.07) is 10.6. The van der Waals surface area contributed by atoms with Gasteiger partial charge in [-0.15, -0.1) is 0 Å². The molecule has 224 valence electrons. The van der Waals surface area contributed by atoms with Crippen LogP contribution in [0.1, 0.15) is 32.3 Å². The topological polar surface area (TPSA) is 143 Å². The molecular weight excluding hydrogens is 576 g/mol. The van der Waals surface area contributed by atoms with Gasteiger partial charge >= 0.3 is 5.97 Å². The maximum Gasteiger partial charge on any atom is 0.326 e. The maximum absolute atomic E-state index is 13.7. The second-order valence-corrected chi connectivity index (χ2v) is 13.2. The van der Waals surface area contributed by atoms with E-state index in [4.69, 9.17) is 4.74 Å². The molecule has 0 saturated carbocycles. The van der Waals surface area contributed by atoms with E-state index in [2.05, 4.69) is 21.3 Å². The third-order valence-electron chi connectivity index (χ3n) is 6.95. The van der Waals surface area contributed by atoms with E-state index in [1.54, 1.807) is 19.9 Å². The quantitative estimate of drug-likeness (QED) is 0.235. The largest absolute Gasteiger partial charge is 0.456 e. The number of amides is 4. The van der Waals surface area contributed by atoms with E-state index in [9.17, 15) is 24.0 Å². The lowest BCUT2D eigenvalue weighted by molar-refractivity contribution is -0.148. The fourth-order valence-corrected chi connectivity index (χ4v) is 6.90. The van der Waals surface area contributed by atoms with Crippen LogP contribution in [0.3, 0.4) is 0 Å². The molecule has 4 N–H and O–H groups in total. The van der Waals surface area contributed by atoms with Gasteiger partial charge in [-0.2, -0.15) is 0 Å². The van der Waals surface area contributed by atoms with Crippen molar-refractivity contribution >= 4 is 62.0 Å². The van der Waals surface area contributed by atoms with Crippen molar-refractivity contribution in [2.45, 2.75) is 57.3 Å². The zero-order valence-electron chi connectivity index (χ0n) is 23.6. The first-order chi connectivity index (χ1) is 20.2. The first kappa shape index (κ1) is 31.4. The maximum atomic E-state index is 13.7. The minimum Gasteiger partial charge on any atom is -0.456 e. The van der Waals surface area contributed by atoms with Crippen molar-refractivity contribution in [2.24, 2.45) is 5.92 Å². The van der Waals surface area contributed by atoms with Crippen LogP contribution in [0, 0.1) is 5.92 Å². The molecule has 4 atom stereocenters. The van der Waals surface area contributed by atoms with E-state index in [1.807, 2.05) is 48.5 Å². The molecule has 1 saturated heterocycles. The van der Waals surface area contributed by atoms with Crippen molar-refractivity contribution < 1.29 is 28.7 Å². The van der Waals surface area contributed by atoms with Crippen molar-refractivity contribution in [1.82, 2.24) is 21.3 Å². The van der Waals surface area contributed by atoms with Crippen molar-refractivity contribution in [1.29, 1.82) is 0 Å². The lowest BCUT2D eigenvalue weighted by Crippen LogP contribution is -2.59. The van der Waals surface area contributed by atoms with E-state index in [0.29, 0.717) is 12.2 Å². The average Bonchev–Trinajstić information content (AvgIpc) is 2.96. The summed E-state index contributed by atoms with van der Waals surface area (Å²) in [6.07, 6.45) is 3.23. The van der Waals surface area contributed by atoms with Crippen molar-refractivity contribution in [3.8, 4) is 0 Å². The lowest BCUT2D eigenvalue weighted by Gasteiger charge is -2.27. The predicted octanol–water partition coefficient (Wildman–Crippen LogP) is 2.27. The predicted molar refractivity (Wildman–Crippen MR) is 164 cm³/mol. The molecule has 2 bridgehead atoms. The normalized spacial score (nSPS) is 25.9. The molecule has 12 heteroatoms. The molecule has 2 aliphatic heterocycles. The fraction of sp³-hybridized carbons (Fsp3) is 0.433. The van der Waals surface area contributed by atoms with Gasteiger partial charge in [-0.25, -0.2) is 0 Å². The Hall–Kier alpha value is -3.51. The van der Waals surface area contributed by atoms with Gasteiger partial charge in [0.1, 0.15) is 30.8 Å². The molecule has 0 unspecified atom stereocenters.